The Labute approximate surface area is 128 Å². The Morgan fingerprint density at radius 1 is 1.24 bits per heavy atom. The molecule has 0 radical (unpaired) electrons. The number of nitrogens with zero attached hydrogens (tertiary/aromatic N) is 1. The molecule has 0 saturated heterocycles. The first-order valence-corrected chi connectivity index (χ1v) is 7.55. The topological polar surface area (TPSA) is 33.7 Å². The van der Waals surface area contributed by atoms with Crippen molar-refractivity contribution >= 4 is 0 Å². The molecule has 0 bridgehead atoms. The fourth-order valence-electron chi connectivity index (χ4n) is 2.03. The SMILES string of the molecule is C=CCN(CCOC)CCOc1ccccc1CNCC. The average Bonchev–Trinajstić information content (AvgIpc) is 2.51. The van der Waals surface area contributed by atoms with Gasteiger partial charge in [0.2, 0.25) is 0 Å². The van der Waals surface area contributed by atoms with E-state index < -0.39 is 0 Å². The maximum absolute atomic E-state index is 5.93. The second kappa shape index (κ2) is 11.3. The molecule has 0 aliphatic rings. The number of para-hydroxylation sites is 1. The number of benzene rings is 1. The normalized spacial score (nSPS) is 10.8. The first-order chi connectivity index (χ1) is 10.3. The molecule has 4 nitrogen and oxygen atoms in total. The molecule has 0 aliphatic carbocycles. The van der Waals surface area contributed by atoms with Crippen LogP contribution in [-0.2, 0) is 11.3 Å². The van der Waals surface area contributed by atoms with E-state index in [0.717, 1.165) is 45.1 Å². The lowest BCUT2D eigenvalue weighted by Gasteiger charge is -2.20. The van der Waals surface area contributed by atoms with Crippen molar-refractivity contribution in [2.45, 2.75) is 13.5 Å². The van der Waals surface area contributed by atoms with Crippen LogP contribution in [0.25, 0.3) is 0 Å². The van der Waals surface area contributed by atoms with Crippen LogP contribution >= 0.6 is 0 Å². The third kappa shape index (κ3) is 7.27. The standard InChI is InChI=1S/C17H28N2O2/c1-4-10-19(11-13-20-3)12-14-21-17-9-7-6-8-16(17)15-18-5-2/h4,6-9,18H,1,5,10-15H2,2-3H3. The van der Waals surface area contributed by atoms with Gasteiger partial charge in [-0.3, -0.25) is 4.90 Å². The van der Waals surface area contributed by atoms with Crippen LogP contribution in [0.3, 0.4) is 0 Å². The van der Waals surface area contributed by atoms with E-state index >= 15 is 0 Å². The highest BCUT2D eigenvalue weighted by molar-refractivity contribution is 5.33. The molecular weight excluding hydrogens is 264 g/mol. The highest BCUT2D eigenvalue weighted by Crippen LogP contribution is 2.17. The number of ether oxygens (including phenoxy) is 2. The molecule has 0 spiro atoms. The van der Waals surface area contributed by atoms with Gasteiger partial charge in [0.15, 0.2) is 0 Å². The maximum atomic E-state index is 5.93. The van der Waals surface area contributed by atoms with E-state index in [9.17, 15) is 0 Å². The highest BCUT2D eigenvalue weighted by atomic mass is 16.5. The minimum absolute atomic E-state index is 0.667. The van der Waals surface area contributed by atoms with Crippen LogP contribution in [0.2, 0.25) is 0 Å². The van der Waals surface area contributed by atoms with Gasteiger partial charge in [0.05, 0.1) is 6.61 Å². The minimum Gasteiger partial charge on any atom is -0.492 e. The summed E-state index contributed by atoms with van der Waals surface area (Å²) in [6.45, 7) is 11.7. The summed E-state index contributed by atoms with van der Waals surface area (Å²) in [7, 11) is 1.72. The van der Waals surface area contributed by atoms with Crippen LogP contribution in [0, 0.1) is 0 Å². The third-order valence-corrected chi connectivity index (χ3v) is 3.20. The zero-order chi connectivity index (χ0) is 15.3. The van der Waals surface area contributed by atoms with Gasteiger partial charge in [-0.2, -0.15) is 0 Å². The van der Waals surface area contributed by atoms with Gasteiger partial charge in [-0.25, -0.2) is 0 Å². The molecule has 1 rings (SSSR count). The summed E-state index contributed by atoms with van der Waals surface area (Å²) in [5, 5.41) is 3.33. The lowest BCUT2D eigenvalue weighted by molar-refractivity contribution is 0.142. The Bertz CT molecular complexity index is 396. The van der Waals surface area contributed by atoms with Crippen molar-refractivity contribution in [3.05, 3.63) is 42.5 Å². The van der Waals surface area contributed by atoms with E-state index in [1.807, 2.05) is 24.3 Å². The second-order valence-electron chi connectivity index (χ2n) is 4.82. The zero-order valence-electron chi connectivity index (χ0n) is 13.3. The summed E-state index contributed by atoms with van der Waals surface area (Å²) in [5.41, 5.74) is 1.20. The molecule has 0 heterocycles. The van der Waals surface area contributed by atoms with Crippen LogP contribution in [0.4, 0.5) is 0 Å². The summed E-state index contributed by atoms with van der Waals surface area (Å²) >= 11 is 0. The minimum atomic E-state index is 0.667. The molecule has 0 saturated carbocycles. The Morgan fingerprint density at radius 2 is 2.00 bits per heavy atom. The molecule has 0 aliphatic heterocycles. The summed E-state index contributed by atoms with van der Waals surface area (Å²) in [6.07, 6.45) is 1.91. The number of nitrogens with one attached hydrogen (secondary N) is 1. The predicted molar refractivity (Wildman–Crippen MR) is 87.8 cm³/mol. The molecule has 0 unspecified atom stereocenters. The molecule has 21 heavy (non-hydrogen) atoms. The van der Waals surface area contributed by atoms with Crippen molar-refractivity contribution in [1.29, 1.82) is 0 Å². The molecular formula is C17H28N2O2. The first-order valence-electron chi connectivity index (χ1n) is 7.55. The van der Waals surface area contributed by atoms with Gasteiger partial charge in [0.1, 0.15) is 12.4 Å². The lowest BCUT2D eigenvalue weighted by Crippen LogP contribution is -2.31. The molecule has 0 atom stereocenters. The highest BCUT2D eigenvalue weighted by Gasteiger charge is 2.05. The third-order valence-electron chi connectivity index (χ3n) is 3.20. The smallest absolute Gasteiger partial charge is 0.123 e. The summed E-state index contributed by atoms with van der Waals surface area (Å²) < 4.78 is 11.1. The van der Waals surface area contributed by atoms with E-state index in [1.54, 1.807) is 7.11 Å². The fraction of sp³-hybridized carbons (Fsp3) is 0.529. The van der Waals surface area contributed by atoms with Crippen molar-refractivity contribution in [2.75, 3.05) is 46.5 Å². The number of hydrogen-bond donors (Lipinski definition) is 1. The molecule has 4 heteroatoms. The number of rotatable bonds is 12. The zero-order valence-corrected chi connectivity index (χ0v) is 13.3. The van der Waals surface area contributed by atoms with Crippen molar-refractivity contribution in [1.82, 2.24) is 10.2 Å². The van der Waals surface area contributed by atoms with Gasteiger partial charge < -0.3 is 14.8 Å². The van der Waals surface area contributed by atoms with Crippen LogP contribution < -0.4 is 10.1 Å². The van der Waals surface area contributed by atoms with Crippen LogP contribution in [0.15, 0.2) is 36.9 Å². The van der Waals surface area contributed by atoms with Gasteiger partial charge in [0, 0.05) is 38.9 Å². The molecule has 1 aromatic carbocycles. The average molecular weight is 292 g/mol. The van der Waals surface area contributed by atoms with Crippen LogP contribution in [-0.4, -0.2) is 51.4 Å². The predicted octanol–water partition coefficient (Wildman–Crippen LogP) is 2.31. The molecule has 0 aromatic heterocycles. The van der Waals surface area contributed by atoms with Gasteiger partial charge in [-0.1, -0.05) is 31.2 Å². The van der Waals surface area contributed by atoms with E-state index in [1.165, 1.54) is 5.56 Å². The number of hydrogen-bond acceptors (Lipinski definition) is 4. The van der Waals surface area contributed by atoms with Gasteiger partial charge in [-0.05, 0) is 12.6 Å². The quantitative estimate of drug-likeness (QED) is 0.599. The van der Waals surface area contributed by atoms with Gasteiger partial charge in [0.25, 0.3) is 0 Å². The lowest BCUT2D eigenvalue weighted by atomic mass is 10.2. The van der Waals surface area contributed by atoms with Crippen molar-refractivity contribution < 1.29 is 9.47 Å². The largest absolute Gasteiger partial charge is 0.492 e. The molecule has 1 aromatic rings. The van der Waals surface area contributed by atoms with Gasteiger partial charge in [-0.15, -0.1) is 6.58 Å². The first kappa shape index (κ1) is 17.7. The fourth-order valence-corrected chi connectivity index (χ4v) is 2.03. The van der Waals surface area contributed by atoms with E-state index in [0.29, 0.717) is 6.61 Å². The van der Waals surface area contributed by atoms with Gasteiger partial charge >= 0.3 is 0 Å². The molecule has 0 fully saturated rings. The van der Waals surface area contributed by atoms with E-state index in [4.69, 9.17) is 9.47 Å². The Morgan fingerprint density at radius 3 is 2.71 bits per heavy atom. The summed E-state index contributed by atoms with van der Waals surface area (Å²) in [5.74, 6) is 0.962. The van der Waals surface area contributed by atoms with Crippen LogP contribution in [0.1, 0.15) is 12.5 Å². The number of methoxy groups -OCH3 is 1. The van der Waals surface area contributed by atoms with E-state index in [-0.39, 0.29) is 0 Å². The van der Waals surface area contributed by atoms with Crippen molar-refractivity contribution in [2.24, 2.45) is 0 Å². The second-order valence-corrected chi connectivity index (χ2v) is 4.82. The Kier molecular flexibility index (Phi) is 9.53. The molecule has 1 N–H and O–H groups in total. The summed E-state index contributed by atoms with van der Waals surface area (Å²) in [4.78, 5) is 2.27. The summed E-state index contributed by atoms with van der Waals surface area (Å²) in [6, 6.07) is 8.18. The molecule has 118 valence electrons. The van der Waals surface area contributed by atoms with E-state index in [2.05, 4.69) is 29.8 Å². The molecule has 0 amide bonds. The van der Waals surface area contributed by atoms with Crippen molar-refractivity contribution in [3.8, 4) is 5.75 Å². The monoisotopic (exact) mass is 292 g/mol. The van der Waals surface area contributed by atoms with Crippen LogP contribution in [0.5, 0.6) is 5.75 Å². The Balaban J connectivity index is 2.44. The van der Waals surface area contributed by atoms with Crippen molar-refractivity contribution in [3.63, 3.8) is 0 Å². The maximum Gasteiger partial charge on any atom is 0.123 e. The Hall–Kier alpha value is -1.36.